The maximum Gasteiger partial charge on any atom is 0.261 e. The number of benzene rings is 1. The van der Waals surface area contributed by atoms with Crippen LogP contribution in [-0.2, 0) is 6.42 Å². The molecule has 4 heteroatoms. The molecule has 1 amide bonds. The molecule has 2 nitrogen and oxygen atoms in total. The second-order valence-electron chi connectivity index (χ2n) is 4.57. The summed E-state index contributed by atoms with van der Waals surface area (Å²) in [5.74, 6) is -0.00846. The highest BCUT2D eigenvalue weighted by Gasteiger charge is 2.11. The van der Waals surface area contributed by atoms with E-state index in [0.717, 1.165) is 22.6 Å². The van der Waals surface area contributed by atoms with Gasteiger partial charge in [-0.25, -0.2) is 0 Å². The summed E-state index contributed by atoms with van der Waals surface area (Å²) in [7, 11) is 0. The van der Waals surface area contributed by atoms with Gasteiger partial charge in [-0.1, -0.05) is 30.3 Å². The fraction of sp³-hybridized carbons (Fsp3) is 0.267. The first kappa shape index (κ1) is 14.2. The molecule has 0 saturated heterocycles. The molecule has 0 fully saturated rings. The van der Waals surface area contributed by atoms with Gasteiger partial charge in [-0.2, -0.15) is 0 Å². The number of rotatable bonds is 5. The van der Waals surface area contributed by atoms with Gasteiger partial charge in [0.1, 0.15) is 0 Å². The van der Waals surface area contributed by atoms with E-state index >= 15 is 0 Å². The molecule has 19 heavy (non-hydrogen) atoms. The van der Waals surface area contributed by atoms with Crippen molar-refractivity contribution in [2.75, 3.05) is 0 Å². The first-order chi connectivity index (χ1) is 9.15. The number of hydrogen-bond donors (Lipinski definition) is 2. The van der Waals surface area contributed by atoms with Crippen molar-refractivity contribution in [3.63, 3.8) is 0 Å². The van der Waals surface area contributed by atoms with Gasteiger partial charge in [-0.3, -0.25) is 4.79 Å². The quantitative estimate of drug-likeness (QED) is 0.806. The van der Waals surface area contributed by atoms with E-state index in [4.69, 9.17) is 0 Å². The third-order valence-electron chi connectivity index (χ3n) is 2.90. The average Bonchev–Trinajstić information content (AvgIpc) is 2.84. The Bertz CT molecular complexity index is 536. The molecule has 1 aromatic carbocycles. The Kier molecular flexibility index (Phi) is 5.05. The minimum Gasteiger partial charge on any atom is -0.349 e. The van der Waals surface area contributed by atoms with Gasteiger partial charge in [0, 0.05) is 16.3 Å². The predicted molar refractivity (Wildman–Crippen MR) is 83.3 cm³/mol. The van der Waals surface area contributed by atoms with E-state index in [-0.39, 0.29) is 11.9 Å². The highest BCUT2D eigenvalue weighted by molar-refractivity contribution is 7.80. The first-order valence-electron chi connectivity index (χ1n) is 6.27. The summed E-state index contributed by atoms with van der Waals surface area (Å²) in [6.45, 7) is 2.04. The zero-order chi connectivity index (χ0) is 13.7. The molecule has 100 valence electrons. The van der Waals surface area contributed by atoms with Gasteiger partial charge in [0.2, 0.25) is 0 Å². The molecule has 2 aromatic rings. The highest BCUT2D eigenvalue weighted by atomic mass is 32.1. The van der Waals surface area contributed by atoms with Crippen LogP contribution in [0.4, 0.5) is 0 Å². The van der Waals surface area contributed by atoms with Crippen molar-refractivity contribution in [2.45, 2.75) is 30.7 Å². The summed E-state index contributed by atoms with van der Waals surface area (Å²) in [4.78, 5) is 13.5. The molecule has 0 radical (unpaired) electrons. The molecular formula is C15H17NOS2. The van der Waals surface area contributed by atoms with Crippen LogP contribution in [0.1, 0.15) is 28.6 Å². The van der Waals surface area contributed by atoms with E-state index in [2.05, 4.69) is 30.1 Å². The van der Waals surface area contributed by atoms with Gasteiger partial charge in [0.25, 0.3) is 5.91 Å². The van der Waals surface area contributed by atoms with Gasteiger partial charge < -0.3 is 5.32 Å². The predicted octanol–water partition coefficient (Wildman–Crippen LogP) is 3.79. The van der Waals surface area contributed by atoms with Gasteiger partial charge in [0.15, 0.2) is 0 Å². The zero-order valence-electron chi connectivity index (χ0n) is 10.8. The molecule has 1 aromatic heterocycles. The maximum atomic E-state index is 11.9. The number of carbonyl (C=O) groups excluding carboxylic acids is 1. The Labute approximate surface area is 123 Å². The molecule has 0 aliphatic heterocycles. The summed E-state index contributed by atoms with van der Waals surface area (Å²) in [6, 6.07) is 12.3. The standard InChI is InChI=1S/C15H17NOS2/c1-11(7-8-12-5-3-2-4-6-12)16-15(17)14-9-13(18)10-19-14/h2-6,9-11,18H,7-8H2,1H3,(H,16,17). The first-order valence-corrected chi connectivity index (χ1v) is 7.60. The van der Waals surface area contributed by atoms with Crippen molar-refractivity contribution >= 4 is 29.9 Å². The minimum atomic E-state index is -0.00846. The van der Waals surface area contributed by atoms with Crippen LogP contribution in [0.5, 0.6) is 0 Å². The van der Waals surface area contributed by atoms with Crippen LogP contribution in [-0.4, -0.2) is 11.9 Å². The van der Waals surface area contributed by atoms with E-state index < -0.39 is 0 Å². The Morgan fingerprint density at radius 3 is 2.74 bits per heavy atom. The lowest BCUT2D eigenvalue weighted by Crippen LogP contribution is -2.32. The number of aryl methyl sites for hydroxylation is 1. The Balaban J connectivity index is 1.81. The topological polar surface area (TPSA) is 29.1 Å². The van der Waals surface area contributed by atoms with Crippen molar-refractivity contribution in [1.29, 1.82) is 0 Å². The number of thiol groups is 1. The number of carbonyl (C=O) groups is 1. The Hall–Kier alpha value is -1.26. The van der Waals surface area contributed by atoms with Crippen LogP contribution in [0.2, 0.25) is 0 Å². The van der Waals surface area contributed by atoms with Crippen LogP contribution in [0.3, 0.4) is 0 Å². The zero-order valence-corrected chi connectivity index (χ0v) is 12.5. The van der Waals surface area contributed by atoms with Crippen LogP contribution < -0.4 is 5.32 Å². The second kappa shape index (κ2) is 6.78. The van der Waals surface area contributed by atoms with E-state index in [0.29, 0.717) is 0 Å². The fourth-order valence-electron chi connectivity index (χ4n) is 1.84. The molecule has 1 atom stereocenters. The van der Waals surface area contributed by atoms with Crippen LogP contribution in [0.25, 0.3) is 0 Å². The molecule has 2 rings (SSSR count). The van der Waals surface area contributed by atoms with Crippen LogP contribution in [0.15, 0.2) is 46.7 Å². The minimum absolute atomic E-state index is 0.00846. The summed E-state index contributed by atoms with van der Waals surface area (Å²) < 4.78 is 0. The summed E-state index contributed by atoms with van der Waals surface area (Å²) >= 11 is 5.64. The second-order valence-corrected chi connectivity index (χ2v) is 6.00. The molecule has 0 saturated carbocycles. The van der Waals surface area contributed by atoms with E-state index in [1.807, 2.05) is 30.5 Å². The molecule has 0 spiro atoms. The van der Waals surface area contributed by atoms with E-state index in [1.54, 1.807) is 6.07 Å². The maximum absolute atomic E-state index is 11.9. The number of nitrogens with one attached hydrogen (secondary N) is 1. The van der Waals surface area contributed by atoms with E-state index in [1.165, 1.54) is 16.9 Å². The molecule has 1 heterocycles. The van der Waals surface area contributed by atoms with Crippen molar-refractivity contribution in [1.82, 2.24) is 5.32 Å². The number of amides is 1. The van der Waals surface area contributed by atoms with Crippen molar-refractivity contribution in [3.05, 3.63) is 52.2 Å². The Morgan fingerprint density at radius 1 is 1.37 bits per heavy atom. The third kappa shape index (κ3) is 4.40. The molecule has 0 aliphatic carbocycles. The normalized spacial score (nSPS) is 12.1. The molecule has 1 N–H and O–H groups in total. The molecule has 0 bridgehead atoms. The Morgan fingerprint density at radius 2 is 2.11 bits per heavy atom. The van der Waals surface area contributed by atoms with Gasteiger partial charge >= 0.3 is 0 Å². The number of hydrogen-bond acceptors (Lipinski definition) is 3. The van der Waals surface area contributed by atoms with Crippen LogP contribution in [0, 0.1) is 0 Å². The monoisotopic (exact) mass is 291 g/mol. The highest BCUT2D eigenvalue weighted by Crippen LogP contribution is 2.17. The number of thiophene rings is 1. The molecule has 1 unspecified atom stereocenters. The lowest BCUT2D eigenvalue weighted by Gasteiger charge is -2.13. The van der Waals surface area contributed by atoms with Crippen molar-refractivity contribution in [3.8, 4) is 0 Å². The fourth-order valence-corrected chi connectivity index (χ4v) is 2.89. The SMILES string of the molecule is CC(CCc1ccccc1)NC(=O)c1cc(S)cs1. The largest absolute Gasteiger partial charge is 0.349 e. The third-order valence-corrected chi connectivity index (χ3v) is 4.26. The van der Waals surface area contributed by atoms with Crippen LogP contribution >= 0.6 is 24.0 Å². The van der Waals surface area contributed by atoms with Gasteiger partial charge in [-0.05, 0) is 31.4 Å². The van der Waals surface area contributed by atoms with Gasteiger partial charge in [-0.15, -0.1) is 24.0 Å². The summed E-state index contributed by atoms with van der Waals surface area (Å²) in [5.41, 5.74) is 1.30. The lowest BCUT2D eigenvalue weighted by molar-refractivity contribution is 0.0942. The summed E-state index contributed by atoms with van der Waals surface area (Å²) in [6.07, 6.45) is 1.92. The molecular weight excluding hydrogens is 274 g/mol. The summed E-state index contributed by atoms with van der Waals surface area (Å²) in [5, 5.41) is 4.88. The van der Waals surface area contributed by atoms with Crippen molar-refractivity contribution in [2.24, 2.45) is 0 Å². The molecule has 0 aliphatic rings. The van der Waals surface area contributed by atoms with Gasteiger partial charge in [0.05, 0.1) is 4.88 Å². The van der Waals surface area contributed by atoms with E-state index in [9.17, 15) is 4.79 Å². The lowest BCUT2D eigenvalue weighted by atomic mass is 10.1. The smallest absolute Gasteiger partial charge is 0.261 e. The van der Waals surface area contributed by atoms with Crippen molar-refractivity contribution < 1.29 is 4.79 Å². The average molecular weight is 291 g/mol.